The van der Waals surface area contributed by atoms with E-state index in [1.807, 2.05) is 6.92 Å². The van der Waals surface area contributed by atoms with Gasteiger partial charge in [-0.2, -0.15) is 4.98 Å². The number of aryl methyl sites for hydroxylation is 1. The fourth-order valence-corrected chi connectivity index (χ4v) is 2.98. The Kier molecular flexibility index (Phi) is 3.43. The highest BCUT2D eigenvalue weighted by molar-refractivity contribution is 7.09. The van der Waals surface area contributed by atoms with Crippen molar-refractivity contribution in [3.8, 4) is 10.7 Å². The smallest absolute Gasteiger partial charge is 0.245 e. The number of nitrogens with one attached hydrogen (secondary N) is 1. The molecule has 1 aliphatic heterocycles. The van der Waals surface area contributed by atoms with Crippen molar-refractivity contribution >= 4 is 17.5 Å². The molecule has 1 unspecified atom stereocenters. The van der Waals surface area contributed by atoms with Crippen molar-refractivity contribution in [3.05, 3.63) is 5.69 Å². The third kappa shape index (κ3) is 2.45. The number of hydrogen-bond acceptors (Lipinski definition) is 7. The van der Waals surface area contributed by atoms with Gasteiger partial charge in [-0.15, -0.1) is 10.2 Å². The minimum atomic E-state index is 0.544. The van der Waals surface area contributed by atoms with Crippen LogP contribution in [0, 0.1) is 12.8 Å². The lowest BCUT2D eigenvalue weighted by Gasteiger charge is -2.31. The predicted octanol–water partition coefficient (Wildman–Crippen LogP) is 0.807. The lowest BCUT2D eigenvalue weighted by molar-refractivity contribution is 0.420. The highest BCUT2D eigenvalue weighted by Crippen LogP contribution is 2.25. The Bertz CT molecular complexity index is 549. The van der Waals surface area contributed by atoms with Crippen LogP contribution in [-0.4, -0.2) is 44.4 Å². The number of nitrogens with zero attached hydrogens (tertiary/aromatic N) is 5. The van der Waals surface area contributed by atoms with E-state index in [1.165, 1.54) is 18.0 Å². The van der Waals surface area contributed by atoms with E-state index in [2.05, 4.69) is 29.7 Å². The fraction of sp³-hybridized carbons (Fsp3) is 0.636. The minimum Gasteiger partial charge on any atom is -0.339 e. The molecule has 102 valence electrons. The lowest BCUT2D eigenvalue weighted by atomic mass is 9.99. The molecule has 1 saturated heterocycles. The summed E-state index contributed by atoms with van der Waals surface area (Å²) >= 11 is 1.33. The van der Waals surface area contributed by atoms with Crippen LogP contribution in [0.4, 0.5) is 5.95 Å². The van der Waals surface area contributed by atoms with Crippen molar-refractivity contribution in [2.24, 2.45) is 11.7 Å². The second-order valence-electron chi connectivity index (χ2n) is 4.86. The first kappa shape index (κ1) is 12.5. The Labute approximate surface area is 115 Å². The zero-order valence-electron chi connectivity index (χ0n) is 10.8. The molecule has 2 aromatic heterocycles. The highest BCUT2D eigenvalue weighted by Gasteiger charge is 2.22. The first-order valence-electron chi connectivity index (χ1n) is 6.44. The molecule has 0 bridgehead atoms. The molecule has 19 heavy (non-hydrogen) atoms. The van der Waals surface area contributed by atoms with Crippen molar-refractivity contribution in [2.45, 2.75) is 19.8 Å². The van der Waals surface area contributed by atoms with Crippen LogP contribution in [0.2, 0.25) is 0 Å². The van der Waals surface area contributed by atoms with Gasteiger partial charge in [0.25, 0.3) is 0 Å². The third-order valence-corrected chi connectivity index (χ3v) is 4.31. The van der Waals surface area contributed by atoms with Gasteiger partial charge in [0.1, 0.15) is 4.88 Å². The predicted molar refractivity (Wildman–Crippen MR) is 74.0 cm³/mol. The van der Waals surface area contributed by atoms with Crippen LogP contribution in [0.5, 0.6) is 0 Å². The van der Waals surface area contributed by atoms with Crippen molar-refractivity contribution in [3.63, 3.8) is 0 Å². The number of piperidine rings is 1. The molecule has 0 aliphatic carbocycles. The van der Waals surface area contributed by atoms with E-state index < -0.39 is 0 Å². The Morgan fingerprint density at radius 2 is 2.42 bits per heavy atom. The second-order valence-corrected chi connectivity index (χ2v) is 5.62. The summed E-state index contributed by atoms with van der Waals surface area (Å²) in [5.41, 5.74) is 6.64. The highest BCUT2D eigenvalue weighted by atomic mass is 32.1. The number of rotatable bonds is 3. The van der Waals surface area contributed by atoms with E-state index >= 15 is 0 Å². The summed E-state index contributed by atoms with van der Waals surface area (Å²) in [6, 6.07) is 0. The van der Waals surface area contributed by atoms with Crippen molar-refractivity contribution in [1.82, 2.24) is 24.8 Å². The summed E-state index contributed by atoms with van der Waals surface area (Å²) in [6.07, 6.45) is 2.34. The molecule has 3 N–H and O–H groups in total. The average molecular weight is 279 g/mol. The summed E-state index contributed by atoms with van der Waals surface area (Å²) in [6.45, 7) is 4.58. The summed E-state index contributed by atoms with van der Waals surface area (Å²) in [7, 11) is 0. The molecule has 3 rings (SSSR count). The molecular weight excluding hydrogens is 262 g/mol. The first-order chi connectivity index (χ1) is 9.28. The van der Waals surface area contributed by atoms with Gasteiger partial charge in [-0.05, 0) is 43.8 Å². The van der Waals surface area contributed by atoms with Gasteiger partial charge in [0.15, 0.2) is 5.82 Å². The van der Waals surface area contributed by atoms with Gasteiger partial charge in [0.2, 0.25) is 5.95 Å². The number of hydrogen-bond donors (Lipinski definition) is 2. The van der Waals surface area contributed by atoms with E-state index in [-0.39, 0.29) is 0 Å². The summed E-state index contributed by atoms with van der Waals surface area (Å²) in [4.78, 5) is 7.70. The molecule has 7 nitrogen and oxygen atoms in total. The maximum atomic E-state index is 5.76. The summed E-state index contributed by atoms with van der Waals surface area (Å²) < 4.78 is 3.92. The molecule has 1 fully saturated rings. The van der Waals surface area contributed by atoms with Gasteiger partial charge in [0, 0.05) is 13.1 Å². The van der Waals surface area contributed by atoms with Crippen LogP contribution in [0.1, 0.15) is 18.5 Å². The second kappa shape index (κ2) is 5.22. The average Bonchev–Trinajstić information content (AvgIpc) is 3.07. The van der Waals surface area contributed by atoms with Gasteiger partial charge >= 0.3 is 0 Å². The topological polar surface area (TPSA) is 96.6 Å². The number of H-pyrrole nitrogens is 1. The Morgan fingerprint density at radius 1 is 1.53 bits per heavy atom. The molecule has 3 heterocycles. The van der Waals surface area contributed by atoms with Gasteiger partial charge in [-0.3, -0.25) is 5.10 Å². The summed E-state index contributed by atoms with van der Waals surface area (Å²) in [5, 5.41) is 11.3. The number of aromatic nitrogens is 5. The minimum absolute atomic E-state index is 0.544. The standard InChI is InChI=1S/C11H17N7S/c1-7-9(19-17-14-7)10-13-11(16-15-10)18-4-2-3-8(5-12)6-18/h8H,2-6,12H2,1H3,(H,13,15,16). The number of nitrogens with two attached hydrogens (primary N) is 1. The van der Waals surface area contributed by atoms with E-state index in [4.69, 9.17) is 5.73 Å². The molecule has 1 aliphatic rings. The molecular formula is C11H17N7S. The largest absolute Gasteiger partial charge is 0.339 e. The van der Waals surface area contributed by atoms with Gasteiger partial charge in [-0.1, -0.05) is 4.49 Å². The van der Waals surface area contributed by atoms with Crippen LogP contribution in [0.15, 0.2) is 0 Å². The van der Waals surface area contributed by atoms with Gasteiger partial charge in [-0.25, -0.2) is 0 Å². The van der Waals surface area contributed by atoms with Gasteiger partial charge < -0.3 is 10.6 Å². The van der Waals surface area contributed by atoms with E-state index in [0.29, 0.717) is 5.92 Å². The monoisotopic (exact) mass is 279 g/mol. The van der Waals surface area contributed by atoms with Crippen LogP contribution < -0.4 is 10.6 Å². The number of aromatic amines is 1. The van der Waals surface area contributed by atoms with Crippen molar-refractivity contribution < 1.29 is 0 Å². The van der Waals surface area contributed by atoms with Crippen LogP contribution in [-0.2, 0) is 0 Å². The molecule has 0 saturated carbocycles. The first-order valence-corrected chi connectivity index (χ1v) is 7.22. The van der Waals surface area contributed by atoms with Crippen LogP contribution >= 0.6 is 11.5 Å². The zero-order chi connectivity index (χ0) is 13.2. The third-order valence-electron chi connectivity index (χ3n) is 3.48. The van der Waals surface area contributed by atoms with Crippen molar-refractivity contribution in [2.75, 3.05) is 24.5 Å². The van der Waals surface area contributed by atoms with E-state index in [0.717, 1.165) is 48.4 Å². The zero-order valence-corrected chi connectivity index (χ0v) is 11.7. The van der Waals surface area contributed by atoms with E-state index in [1.54, 1.807) is 0 Å². The molecule has 8 heteroatoms. The normalized spacial score (nSPS) is 19.9. The molecule has 0 radical (unpaired) electrons. The number of anilines is 1. The molecule has 2 aromatic rings. The maximum absolute atomic E-state index is 5.76. The SMILES string of the molecule is Cc1nnsc1-c1nc(N2CCCC(CN)C2)n[nH]1. The lowest BCUT2D eigenvalue weighted by Crippen LogP contribution is -2.38. The Balaban J connectivity index is 1.79. The molecule has 0 aromatic carbocycles. The Morgan fingerprint density at radius 3 is 3.16 bits per heavy atom. The molecule has 0 spiro atoms. The van der Waals surface area contributed by atoms with E-state index in [9.17, 15) is 0 Å². The van der Waals surface area contributed by atoms with Crippen molar-refractivity contribution in [1.29, 1.82) is 0 Å². The maximum Gasteiger partial charge on any atom is 0.245 e. The van der Waals surface area contributed by atoms with Gasteiger partial charge in [0.05, 0.1) is 5.69 Å². The fourth-order valence-electron chi connectivity index (χ4n) is 2.38. The Hall–Kier alpha value is -1.54. The quantitative estimate of drug-likeness (QED) is 0.863. The van der Waals surface area contributed by atoms with Crippen LogP contribution in [0.25, 0.3) is 10.7 Å². The van der Waals surface area contributed by atoms with Crippen LogP contribution in [0.3, 0.4) is 0 Å². The molecule has 1 atom stereocenters. The molecule has 0 amide bonds. The summed E-state index contributed by atoms with van der Waals surface area (Å²) in [5.74, 6) is 2.04.